The average Bonchev–Trinajstić information content (AvgIpc) is 2.97. The maximum atomic E-state index is 10.6. The van der Waals surface area contributed by atoms with Gasteiger partial charge in [-0.1, -0.05) is 64.3 Å². The van der Waals surface area contributed by atoms with Gasteiger partial charge in [0.15, 0.2) is 0 Å². The lowest BCUT2D eigenvalue weighted by Crippen LogP contribution is -2.45. The van der Waals surface area contributed by atoms with Crippen molar-refractivity contribution in [3.05, 3.63) is 23.3 Å². The van der Waals surface area contributed by atoms with Crippen LogP contribution in [0.2, 0.25) is 0 Å². The van der Waals surface area contributed by atoms with Gasteiger partial charge in [-0.25, -0.2) is 0 Å². The molecule has 4 aliphatic carbocycles. The van der Waals surface area contributed by atoms with E-state index in [2.05, 4.69) is 46.8 Å². The largest absolute Gasteiger partial charge is 0.393 e. The summed E-state index contributed by atoms with van der Waals surface area (Å²) in [6.07, 6.45) is 18.1. The number of hydrogen-bond donors (Lipinski definition) is 1. The van der Waals surface area contributed by atoms with Crippen LogP contribution >= 0.6 is 0 Å². The monoisotopic (exact) mass is 384 g/mol. The van der Waals surface area contributed by atoms with Crippen molar-refractivity contribution >= 4 is 0 Å². The summed E-state index contributed by atoms with van der Waals surface area (Å²) >= 11 is 0. The molecule has 0 aromatic heterocycles. The highest BCUT2D eigenvalue weighted by atomic mass is 16.3. The summed E-state index contributed by atoms with van der Waals surface area (Å²) in [7, 11) is 0. The second-order valence-corrected chi connectivity index (χ2v) is 11.8. The highest BCUT2D eigenvalue weighted by Gasteiger charge is 2.56. The predicted octanol–water partition coefficient (Wildman–Crippen LogP) is 7.31. The van der Waals surface area contributed by atoms with Gasteiger partial charge < -0.3 is 5.11 Å². The van der Waals surface area contributed by atoms with E-state index in [0.29, 0.717) is 22.7 Å². The number of rotatable bonds is 5. The Morgan fingerprint density at radius 1 is 0.964 bits per heavy atom. The molecule has 0 saturated heterocycles. The molecule has 1 unspecified atom stereocenters. The Bertz CT molecular complexity index is 643. The number of allylic oxidation sites excluding steroid dienone is 4. The van der Waals surface area contributed by atoms with Crippen molar-refractivity contribution in [3.8, 4) is 0 Å². The summed E-state index contributed by atoms with van der Waals surface area (Å²) in [6, 6.07) is 0. The minimum atomic E-state index is -0.116. The molecule has 0 spiro atoms. The molecule has 0 heterocycles. The second kappa shape index (κ2) is 7.60. The summed E-state index contributed by atoms with van der Waals surface area (Å²) in [5.74, 6) is 3.62. The predicted molar refractivity (Wildman–Crippen MR) is 119 cm³/mol. The van der Waals surface area contributed by atoms with Crippen LogP contribution in [0.3, 0.4) is 0 Å². The Balaban J connectivity index is 1.53. The van der Waals surface area contributed by atoms with Gasteiger partial charge in [0.05, 0.1) is 6.10 Å². The first-order valence-electron chi connectivity index (χ1n) is 12.3. The number of hydrogen-bond acceptors (Lipinski definition) is 1. The van der Waals surface area contributed by atoms with Crippen LogP contribution in [0, 0.1) is 40.4 Å². The minimum Gasteiger partial charge on any atom is -0.393 e. The van der Waals surface area contributed by atoms with Crippen LogP contribution in [-0.2, 0) is 0 Å². The average molecular weight is 385 g/mol. The fourth-order valence-corrected chi connectivity index (χ4v) is 8.25. The molecule has 28 heavy (non-hydrogen) atoms. The third kappa shape index (κ3) is 3.34. The Kier molecular flexibility index (Phi) is 5.62. The van der Waals surface area contributed by atoms with Gasteiger partial charge in [-0.3, -0.25) is 0 Å². The van der Waals surface area contributed by atoms with Gasteiger partial charge in [0, 0.05) is 0 Å². The SMILES string of the molecule is CC(C)CC(O)C[C@@H](C)[C@H]1CC[C@H]2C3=CC=C4CCCC[C@]4(C)[C@H]3CC[C@]12C. The molecule has 4 rings (SSSR count). The normalized spacial score (nSPS) is 42.2. The van der Waals surface area contributed by atoms with E-state index < -0.39 is 0 Å². The Hall–Kier alpha value is -0.560. The molecule has 0 aliphatic heterocycles. The third-order valence-electron chi connectivity index (χ3n) is 9.63. The van der Waals surface area contributed by atoms with Crippen LogP contribution < -0.4 is 0 Å². The van der Waals surface area contributed by atoms with Gasteiger partial charge in [-0.05, 0) is 98.2 Å². The van der Waals surface area contributed by atoms with Gasteiger partial charge >= 0.3 is 0 Å². The zero-order chi connectivity index (χ0) is 20.1. The first kappa shape index (κ1) is 20.7. The summed E-state index contributed by atoms with van der Waals surface area (Å²) in [5.41, 5.74) is 4.49. The van der Waals surface area contributed by atoms with E-state index >= 15 is 0 Å². The van der Waals surface area contributed by atoms with Crippen molar-refractivity contribution in [3.63, 3.8) is 0 Å². The van der Waals surface area contributed by atoms with E-state index in [1.807, 2.05) is 5.57 Å². The molecular weight excluding hydrogens is 340 g/mol. The van der Waals surface area contributed by atoms with Crippen molar-refractivity contribution < 1.29 is 5.11 Å². The van der Waals surface area contributed by atoms with Crippen LogP contribution in [0.15, 0.2) is 23.3 Å². The van der Waals surface area contributed by atoms with Gasteiger partial charge in [-0.15, -0.1) is 0 Å². The quantitative estimate of drug-likeness (QED) is 0.527. The molecule has 0 bridgehead atoms. The van der Waals surface area contributed by atoms with Gasteiger partial charge in [-0.2, -0.15) is 0 Å². The van der Waals surface area contributed by atoms with Crippen LogP contribution in [-0.4, -0.2) is 11.2 Å². The molecule has 0 aromatic rings. The van der Waals surface area contributed by atoms with E-state index in [-0.39, 0.29) is 6.10 Å². The zero-order valence-electron chi connectivity index (χ0n) is 19.1. The molecule has 3 fully saturated rings. The Labute approximate surface area is 174 Å². The highest BCUT2D eigenvalue weighted by Crippen LogP contribution is 2.66. The molecule has 1 N–H and O–H groups in total. The third-order valence-corrected chi connectivity index (χ3v) is 9.63. The Morgan fingerprint density at radius 2 is 1.75 bits per heavy atom. The fourth-order valence-electron chi connectivity index (χ4n) is 8.25. The molecule has 0 aromatic carbocycles. The maximum absolute atomic E-state index is 10.6. The zero-order valence-corrected chi connectivity index (χ0v) is 19.1. The maximum Gasteiger partial charge on any atom is 0.0545 e. The first-order chi connectivity index (χ1) is 13.3. The molecule has 3 saturated carbocycles. The molecule has 0 radical (unpaired) electrons. The molecule has 1 heteroatoms. The summed E-state index contributed by atoms with van der Waals surface area (Å²) in [6.45, 7) is 12.1. The van der Waals surface area contributed by atoms with Crippen LogP contribution in [0.5, 0.6) is 0 Å². The summed E-state index contributed by atoms with van der Waals surface area (Å²) < 4.78 is 0. The number of aliphatic hydroxyl groups is 1. The van der Waals surface area contributed by atoms with Crippen LogP contribution in [0.1, 0.15) is 98.8 Å². The molecule has 1 nitrogen and oxygen atoms in total. The van der Waals surface area contributed by atoms with Crippen molar-refractivity contribution in [1.29, 1.82) is 0 Å². The van der Waals surface area contributed by atoms with E-state index in [1.165, 1.54) is 51.4 Å². The minimum absolute atomic E-state index is 0.116. The van der Waals surface area contributed by atoms with Gasteiger partial charge in [0.2, 0.25) is 0 Å². The highest BCUT2D eigenvalue weighted by molar-refractivity contribution is 5.38. The standard InChI is InChI=1S/C27H44O/c1-18(2)16-21(28)17-19(3)23-11-12-24-22-10-9-20-8-6-7-14-26(20,4)25(22)13-15-27(23,24)5/h9-10,18-19,21,23-25,28H,6-8,11-17H2,1-5H3/t19-,21?,23-,24+,25+,26+,27-/m1/s1. The summed E-state index contributed by atoms with van der Waals surface area (Å²) in [4.78, 5) is 0. The Morgan fingerprint density at radius 3 is 2.50 bits per heavy atom. The summed E-state index contributed by atoms with van der Waals surface area (Å²) in [5, 5.41) is 10.6. The van der Waals surface area contributed by atoms with E-state index in [9.17, 15) is 5.11 Å². The van der Waals surface area contributed by atoms with E-state index in [0.717, 1.165) is 30.6 Å². The van der Waals surface area contributed by atoms with Crippen molar-refractivity contribution in [1.82, 2.24) is 0 Å². The van der Waals surface area contributed by atoms with Crippen molar-refractivity contribution in [2.75, 3.05) is 0 Å². The van der Waals surface area contributed by atoms with Crippen LogP contribution in [0.25, 0.3) is 0 Å². The first-order valence-corrected chi connectivity index (χ1v) is 12.3. The van der Waals surface area contributed by atoms with E-state index in [1.54, 1.807) is 5.57 Å². The lowest BCUT2D eigenvalue weighted by molar-refractivity contribution is 0.0320. The molecule has 0 amide bonds. The van der Waals surface area contributed by atoms with Crippen LogP contribution in [0.4, 0.5) is 0 Å². The second-order valence-electron chi connectivity index (χ2n) is 11.8. The van der Waals surface area contributed by atoms with Gasteiger partial charge in [0.1, 0.15) is 0 Å². The number of aliphatic hydroxyl groups excluding tert-OH is 1. The number of fused-ring (bicyclic) bond motifs is 5. The lowest BCUT2D eigenvalue weighted by Gasteiger charge is -2.55. The fraction of sp³-hybridized carbons (Fsp3) is 0.852. The van der Waals surface area contributed by atoms with Crippen molar-refractivity contribution in [2.45, 2.75) is 105 Å². The van der Waals surface area contributed by atoms with Gasteiger partial charge in [0.25, 0.3) is 0 Å². The molecule has 158 valence electrons. The lowest BCUT2D eigenvalue weighted by atomic mass is 9.50. The molecule has 4 aliphatic rings. The van der Waals surface area contributed by atoms with Crippen molar-refractivity contribution in [2.24, 2.45) is 40.4 Å². The molecule has 7 atom stereocenters. The topological polar surface area (TPSA) is 20.2 Å². The smallest absolute Gasteiger partial charge is 0.0545 e. The van der Waals surface area contributed by atoms with E-state index in [4.69, 9.17) is 0 Å². The molecular formula is C27H44O.